The van der Waals surface area contributed by atoms with Crippen LogP contribution in [0.5, 0.6) is 0 Å². The van der Waals surface area contributed by atoms with Crippen LogP contribution in [0.15, 0.2) is 0 Å². The van der Waals surface area contributed by atoms with Gasteiger partial charge in [-0.05, 0) is 6.92 Å². The van der Waals surface area contributed by atoms with Gasteiger partial charge in [0.05, 0.1) is 31.9 Å². The normalized spacial score (nSPS) is 29.2. The molecule has 0 saturated carbocycles. The van der Waals surface area contributed by atoms with Gasteiger partial charge in [0, 0.05) is 7.11 Å². The van der Waals surface area contributed by atoms with E-state index in [0.717, 1.165) is 0 Å². The van der Waals surface area contributed by atoms with Gasteiger partial charge in [-0.25, -0.2) is 0 Å². The Morgan fingerprint density at radius 2 is 2.55 bits per heavy atom. The number of nitrogens with zero attached hydrogens (tertiary/aromatic N) is 1. The van der Waals surface area contributed by atoms with Crippen molar-refractivity contribution in [2.24, 2.45) is 0 Å². The van der Waals surface area contributed by atoms with Crippen molar-refractivity contribution in [3.63, 3.8) is 0 Å². The van der Waals surface area contributed by atoms with Crippen LogP contribution in [0.3, 0.4) is 0 Å². The van der Waals surface area contributed by atoms with Crippen LogP contribution in [0.25, 0.3) is 0 Å². The van der Waals surface area contributed by atoms with Crippen molar-refractivity contribution >= 4 is 0 Å². The third kappa shape index (κ3) is 2.75. The van der Waals surface area contributed by atoms with Gasteiger partial charge in [0.1, 0.15) is 0 Å². The zero-order valence-corrected chi connectivity index (χ0v) is 6.99. The van der Waals surface area contributed by atoms with E-state index in [1.54, 1.807) is 12.2 Å². The molecule has 4 nitrogen and oxygen atoms in total. The summed E-state index contributed by atoms with van der Waals surface area (Å²) in [5, 5.41) is 10.8. The van der Waals surface area contributed by atoms with Crippen molar-refractivity contribution < 1.29 is 14.7 Å². The summed E-state index contributed by atoms with van der Waals surface area (Å²) in [4.78, 5) is 5.14. The lowest BCUT2D eigenvalue weighted by molar-refractivity contribution is -0.130. The van der Waals surface area contributed by atoms with Crippen LogP contribution in [0.2, 0.25) is 0 Å². The van der Waals surface area contributed by atoms with Gasteiger partial charge in [0.2, 0.25) is 0 Å². The summed E-state index contributed by atoms with van der Waals surface area (Å²) in [5.41, 5.74) is 0. The molecule has 0 bridgehead atoms. The molecule has 1 rings (SSSR count). The lowest BCUT2D eigenvalue weighted by Gasteiger charge is -2.17. The molecule has 0 aromatic carbocycles. The third-order valence-electron chi connectivity index (χ3n) is 1.73. The highest BCUT2D eigenvalue weighted by atomic mass is 16.7. The maximum atomic E-state index is 9.08. The molecular formula is C7H15NO3. The predicted molar refractivity (Wildman–Crippen MR) is 40.0 cm³/mol. The van der Waals surface area contributed by atoms with Gasteiger partial charge in [0.25, 0.3) is 0 Å². The number of aliphatic hydroxyl groups excluding tert-OH is 1. The van der Waals surface area contributed by atoms with Crippen molar-refractivity contribution in [2.75, 3.05) is 26.8 Å². The molecule has 0 spiro atoms. The summed E-state index contributed by atoms with van der Waals surface area (Å²) in [6.07, 6.45) is -0.181. The Morgan fingerprint density at radius 3 is 3.00 bits per heavy atom. The number of hydroxylamine groups is 2. The van der Waals surface area contributed by atoms with Crippen molar-refractivity contribution in [3.8, 4) is 0 Å². The molecule has 4 heteroatoms. The Hall–Kier alpha value is -0.160. The van der Waals surface area contributed by atoms with Crippen LogP contribution in [0.4, 0.5) is 0 Å². The molecule has 1 aliphatic heterocycles. The number of β-amino-alcohol motifs (C(OH)–C–C–N with tert-alkyl or cyclic N) is 1. The third-order valence-corrected chi connectivity index (χ3v) is 1.73. The highest BCUT2D eigenvalue weighted by Gasteiger charge is 2.22. The summed E-state index contributed by atoms with van der Waals surface area (Å²) < 4.78 is 5.04. The Labute approximate surface area is 66.7 Å². The topological polar surface area (TPSA) is 41.9 Å². The van der Waals surface area contributed by atoms with Gasteiger partial charge in [-0.3, -0.25) is 4.84 Å². The highest BCUT2D eigenvalue weighted by Crippen LogP contribution is 2.06. The second kappa shape index (κ2) is 4.01. The molecule has 1 saturated heterocycles. The van der Waals surface area contributed by atoms with Gasteiger partial charge in [0.15, 0.2) is 0 Å². The average Bonchev–Trinajstić information content (AvgIpc) is 2.35. The highest BCUT2D eigenvalue weighted by molar-refractivity contribution is 4.66. The van der Waals surface area contributed by atoms with E-state index in [1.165, 1.54) is 0 Å². The largest absolute Gasteiger partial charge is 0.389 e. The molecule has 2 atom stereocenters. The molecule has 0 aliphatic carbocycles. The quantitative estimate of drug-likeness (QED) is 0.613. The van der Waals surface area contributed by atoms with Crippen LogP contribution in [-0.2, 0) is 9.57 Å². The minimum Gasteiger partial charge on any atom is -0.389 e. The average molecular weight is 161 g/mol. The first kappa shape index (κ1) is 8.93. The molecule has 1 N–H and O–H groups in total. The van der Waals surface area contributed by atoms with Crippen LogP contribution < -0.4 is 0 Å². The molecule has 0 aromatic rings. The van der Waals surface area contributed by atoms with Gasteiger partial charge in [-0.1, -0.05) is 0 Å². The summed E-state index contributed by atoms with van der Waals surface area (Å²) in [5.74, 6) is 0. The van der Waals surface area contributed by atoms with Gasteiger partial charge in [-0.15, -0.1) is 0 Å². The fourth-order valence-electron chi connectivity index (χ4n) is 1.02. The number of ether oxygens (including phenoxy) is 1. The second-order valence-corrected chi connectivity index (χ2v) is 2.84. The summed E-state index contributed by atoms with van der Waals surface area (Å²) >= 11 is 0. The zero-order valence-electron chi connectivity index (χ0n) is 6.99. The molecule has 1 heterocycles. The van der Waals surface area contributed by atoms with E-state index in [1.807, 2.05) is 6.92 Å². The van der Waals surface area contributed by atoms with Gasteiger partial charge in [-0.2, -0.15) is 5.06 Å². The number of methoxy groups -OCH3 is 1. The minimum absolute atomic E-state index is 0.153. The Bertz CT molecular complexity index is 120. The molecule has 11 heavy (non-hydrogen) atoms. The first-order chi connectivity index (χ1) is 5.22. The summed E-state index contributed by atoms with van der Waals surface area (Å²) in [7, 11) is 1.66. The predicted octanol–water partition coefficient (Wildman–Crippen LogP) is -0.371. The molecule has 0 radical (unpaired) electrons. The molecule has 0 aromatic heterocycles. The Kier molecular flexibility index (Phi) is 3.26. The van der Waals surface area contributed by atoms with Crippen LogP contribution >= 0.6 is 0 Å². The van der Waals surface area contributed by atoms with Crippen LogP contribution in [0.1, 0.15) is 6.92 Å². The smallest absolute Gasteiger partial charge is 0.0958 e. The van der Waals surface area contributed by atoms with E-state index >= 15 is 0 Å². The number of rotatable bonds is 3. The van der Waals surface area contributed by atoms with E-state index in [9.17, 15) is 0 Å². The molecular weight excluding hydrogens is 146 g/mol. The number of aliphatic hydroxyl groups is 1. The molecule has 1 fully saturated rings. The summed E-state index contributed by atoms with van der Waals surface area (Å²) in [6.45, 7) is 3.69. The monoisotopic (exact) mass is 161 g/mol. The van der Waals surface area contributed by atoms with Crippen LogP contribution in [-0.4, -0.2) is 49.2 Å². The Balaban J connectivity index is 2.17. The number of hydrogen-bond donors (Lipinski definition) is 1. The van der Waals surface area contributed by atoms with Gasteiger partial charge >= 0.3 is 0 Å². The van der Waals surface area contributed by atoms with Crippen molar-refractivity contribution in [1.82, 2.24) is 5.06 Å². The van der Waals surface area contributed by atoms with Crippen LogP contribution in [0, 0.1) is 0 Å². The first-order valence-electron chi connectivity index (χ1n) is 3.81. The molecule has 1 unspecified atom stereocenters. The fourth-order valence-corrected chi connectivity index (χ4v) is 1.02. The maximum absolute atomic E-state index is 9.08. The molecule has 0 amide bonds. The zero-order chi connectivity index (χ0) is 8.27. The lowest BCUT2D eigenvalue weighted by atomic mass is 10.3. The van der Waals surface area contributed by atoms with E-state index in [0.29, 0.717) is 19.7 Å². The van der Waals surface area contributed by atoms with E-state index in [-0.39, 0.29) is 12.2 Å². The van der Waals surface area contributed by atoms with E-state index < -0.39 is 0 Å². The van der Waals surface area contributed by atoms with Gasteiger partial charge < -0.3 is 9.84 Å². The van der Waals surface area contributed by atoms with Crippen molar-refractivity contribution in [1.29, 1.82) is 0 Å². The second-order valence-electron chi connectivity index (χ2n) is 2.84. The van der Waals surface area contributed by atoms with E-state index in [2.05, 4.69) is 0 Å². The maximum Gasteiger partial charge on any atom is 0.0958 e. The SMILES string of the molecule is COC(C)CN1C[C@H](O)CO1. The number of hydrogen-bond acceptors (Lipinski definition) is 4. The Morgan fingerprint density at radius 1 is 1.82 bits per heavy atom. The molecule has 1 aliphatic rings. The standard InChI is InChI=1S/C7H15NO3/c1-6(10-2)3-8-4-7(9)5-11-8/h6-7,9H,3-5H2,1-2H3/t6?,7-/m0/s1. The van der Waals surface area contributed by atoms with E-state index in [4.69, 9.17) is 14.7 Å². The minimum atomic E-state index is -0.334. The fraction of sp³-hybridized carbons (Fsp3) is 1.00. The van der Waals surface area contributed by atoms with Crippen molar-refractivity contribution in [3.05, 3.63) is 0 Å². The summed E-state index contributed by atoms with van der Waals surface area (Å²) in [6, 6.07) is 0. The first-order valence-corrected chi connectivity index (χ1v) is 3.81. The molecule has 66 valence electrons. The van der Waals surface area contributed by atoms with Crippen molar-refractivity contribution in [2.45, 2.75) is 19.1 Å². The lowest BCUT2D eigenvalue weighted by Crippen LogP contribution is -2.29.